The summed E-state index contributed by atoms with van der Waals surface area (Å²) < 4.78 is 11.0. The lowest BCUT2D eigenvalue weighted by atomic mass is 10.1. The van der Waals surface area contributed by atoms with Crippen molar-refractivity contribution in [2.45, 2.75) is 26.4 Å². The van der Waals surface area contributed by atoms with Crippen molar-refractivity contribution in [3.05, 3.63) is 51.9 Å². The van der Waals surface area contributed by atoms with Gasteiger partial charge in [-0.25, -0.2) is 4.79 Å². The zero-order valence-corrected chi connectivity index (χ0v) is 10.4. The van der Waals surface area contributed by atoms with E-state index in [0.29, 0.717) is 5.58 Å². The molecule has 0 saturated heterocycles. The van der Waals surface area contributed by atoms with Crippen LogP contribution in [0.5, 0.6) is 5.75 Å². The second-order valence-electron chi connectivity index (χ2n) is 4.86. The summed E-state index contributed by atoms with van der Waals surface area (Å²) in [7, 11) is 0. The van der Waals surface area contributed by atoms with Crippen molar-refractivity contribution in [1.82, 2.24) is 0 Å². The number of allylic oxidation sites excluding steroid dienone is 1. The Morgan fingerprint density at radius 3 is 2.94 bits per heavy atom. The van der Waals surface area contributed by atoms with E-state index in [1.54, 1.807) is 6.07 Å². The van der Waals surface area contributed by atoms with Crippen LogP contribution in [-0.2, 0) is 6.42 Å². The molecule has 0 aliphatic carbocycles. The van der Waals surface area contributed by atoms with Gasteiger partial charge in [-0.2, -0.15) is 0 Å². The number of hydrogen-bond acceptors (Lipinski definition) is 3. The summed E-state index contributed by atoms with van der Waals surface area (Å²) in [6.07, 6.45) is 3.07. The predicted octanol–water partition coefficient (Wildman–Crippen LogP) is 3.06. The fourth-order valence-electron chi connectivity index (χ4n) is 2.30. The fraction of sp³-hybridized carbons (Fsp3) is 0.267. The molecule has 3 nitrogen and oxygen atoms in total. The molecule has 0 amide bonds. The molecule has 3 heteroatoms. The first kappa shape index (κ1) is 11.1. The van der Waals surface area contributed by atoms with E-state index >= 15 is 0 Å². The van der Waals surface area contributed by atoms with E-state index in [1.165, 1.54) is 17.2 Å². The molecule has 1 aliphatic rings. The van der Waals surface area contributed by atoms with Crippen molar-refractivity contribution in [3.8, 4) is 5.75 Å². The third-order valence-corrected chi connectivity index (χ3v) is 3.02. The van der Waals surface area contributed by atoms with E-state index in [4.69, 9.17) is 9.15 Å². The molecule has 3 rings (SSSR count). The van der Waals surface area contributed by atoms with E-state index in [0.717, 1.165) is 17.6 Å². The highest BCUT2D eigenvalue weighted by Crippen LogP contribution is 2.33. The Balaban J connectivity index is 2.06. The lowest BCUT2D eigenvalue weighted by Crippen LogP contribution is -2.08. The van der Waals surface area contributed by atoms with Gasteiger partial charge in [-0.3, -0.25) is 0 Å². The van der Waals surface area contributed by atoms with Gasteiger partial charge in [0, 0.05) is 23.9 Å². The first-order valence-corrected chi connectivity index (χ1v) is 6.00. The average molecular weight is 242 g/mol. The SMILES string of the molecule is CC(C)=CC1Cc2cc3ccc(=O)oc3cc2O1. The van der Waals surface area contributed by atoms with Crippen molar-refractivity contribution in [2.24, 2.45) is 0 Å². The van der Waals surface area contributed by atoms with Crippen LogP contribution in [0.1, 0.15) is 19.4 Å². The first-order chi connectivity index (χ1) is 8.61. The van der Waals surface area contributed by atoms with E-state index in [1.807, 2.05) is 12.1 Å². The molecule has 1 aromatic carbocycles. The van der Waals surface area contributed by atoms with E-state index in [2.05, 4.69) is 19.9 Å². The Bertz CT molecular complexity index is 690. The lowest BCUT2D eigenvalue weighted by Gasteiger charge is -2.05. The van der Waals surface area contributed by atoms with Gasteiger partial charge in [0.25, 0.3) is 0 Å². The van der Waals surface area contributed by atoms with Gasteiger partial charge >= 0.3 is 5.63 Å². The summed E-state index contributed by atoms with van der Waals surface area (Å²) in [5, 5.41) is 0.940. The fourth-order valence-corrected chi connectivity index (χ4v) is 2.30. The monoisotopic (exact) mass is 242 g/mol. The molecule has 0 saturated carbocycles. The van der Waals surface area contributed by atoms with Gasteiger partial charge in [-0.05, 0) is 37.6 Å². The molecular weight excluding hydrogens is 228 g/mol. The van der Waals surface area contributed by atoms with E-state index in [9.17, 15) is 4.79 Å². The van der Waals surface area contributed by atoms with Crippen LogP contribution in [0.25, 0.3) is 11.0 Å². The summed E-state index contributed by atoms with van der Waals surface area (Å²) >= 11 is 0. The standard InChI is InChI=1S/C15H14O3/c1-9(2)5-12-7-11-6-10-3-4-15(16)18-13(10)8-14(11)17-12/h3-6,8,12H,7H2,1-2H3. The number of benzene rings is 1. The Kier molecular flexibility index (Phi) is 2.47. The highest BCUT2D eigenvalue weighted by atomic mass is 16.5. The van der Waals surface area contributed by atoms with Gasteiger partial charge in [0.1, 0.15) is 17.4 Å². The van der Waals surface area contributed by atoms with Gasteiger partial charge in [-0.15, -0.1) is 0 Å². The molecule has 2 heterocycles. The largest absolute Gasteiger partial charge is 0.486 e. The van der Waals surface area contributed by atoms with E-state index < -0.39 is 0 Å². The van der Waals surface area contributed by atoms with Crippen molar-refractivity contribution in [2.75, 3.05) is 0 Å². The maximum atomic E-state index is 11.2. The highest BCUT2D eigenvalue weighted by molar-refractivity contribution is 5.79. The Morgan fingerprint density at radius 1 is 1.33 bits per heavy atom. The molecule has 0 spiro atoms. The third-order valence-electron chi connectivity index (χ3n) is 3.02. The minimum absolute atomic E-state index is 0.0912. The molecule has 1 unspecified atom stereocenters. The van der Waals surface area contributed by atoms with Crippen molar-refractivity contribution in [1.29, 1.82) is 0 Å². The molecule has 2 aromatic rings. The Hall–Kier alpha value is -2.03. The molecule has 18 heavy (non-hydrogen) atoms. The molecule has 0 fully saturated rings. The van der Waals surface area contributed by atoms with Crippen LogP contribution in [-0.4, -0.2) is 6.10 Å². The summed E-state index contributed by atoms with van der Waals surface area (Å²) in [5.74, 6) is 0.819. The topological polar surface area (TPSA) is 39.4 Å². The number of rotatable bonds is 1. The molecule has 0 bridgehead atoms. The first-order valence-electron chi connectivity index (χ1n) is 6.00. The minimum Gasteiger partial charge on any atom is -0.486 e. The molecule has 1 atom stereocenters. The number of fused-ring (bicyclic) bond motifs is 2. The number of ether oxygens (including phenoxy) is 1. The molecule has 0 radical (unpaired) electrons. The summed E-state index contributed by atoms with van der Waals surface area (Å²) in [4.78, 5) is 11.2. The molecular formula is C15H14O3. The number of hydrogen-bond donors (Lipinski definition) is 0. The van der Waals surface area contributed by atoms with Gasteiger partial charge < -0.3 is 9.15 Å². The summed E-state index contributed by atoms with van der Waals surface area (Å²) in [6, 6.07) is 7.07. The Labute approximate surface area is 105 Å². The molecule has 0 N–H and O–H groups in total. The quantitative estimate of drug-likeness (QED) is 0.570. The molecule has 1 aromatic heterocycles. The maximum Gasteiger partial charge on any atom is 0.336 e. The minimum atomic E-state index is -0.332. The maximum absolute atomic E-state index is 11.2. The normalized spacial score (nSPS) is 17.3. The van der Waals surface area contributed by atoms with Crippen LogP contribution in [0.2, 0.25) is 0 Å². The molecule has 92 valence electrons. The van der Waals surface area contributed by atoms with Crippen LogP contribution in [0.3, 0.4) is 0 Å². The zero-order chi connectivity index (χ0) is 12.7. The Morgan fingerprint density at radius 2 is 2.17 bits per heavy atom. The van der Waals surface area contributed by atoms with E-state index in [-0.39, 0.29) is 11.7 Å². The second kappa shape index (κ2) is 4.02. The van der Waals surface area contributed by atoms with Crippen LogP contribution < -0.4 is 10.4 Å². The predicted molar refractivity (Wildman–Crippen MR) is 70.0 cm³/mol. The second-order valence-corrected chi connectivity index (χ2v) is 4.86. The smallest absolute Gasteiger partial charge is 0.336 e. The van der Waals surface area contributed by atoms with Crippen molar-refractivity contribution >= 4 is 11.0 Å². The van der Waals surface area contributed by atoms with Gasteiger partial charge in [0.15, 0.2) is 0 Å². The van der Waals surface area contributed by atoms with Crippen LogP contribution in [0.15, 0.2) is 45.1 Å². The summed E-state index contributed by atoms with van der Waals surface area (Å²) in [5.41, 5.74) is 2.66. The molecule has 1 aliphatic heterocycles. The van der Waals surface area contributed by atoms with Crippen LogP contribution in [0, 0.1) is 0 Å². The van der Waals surface area contributed by atoms with Crippen molar-refractivity contribution in [3.63, 3.8) is 0 Å². The third kappa shape index (κ3) is 1.92. The average Bonchev–Trinajstić information content (AvgIpc) is 2.65. The highest BCUT2D eigenvalue weighted by Gasteiger charge is 2.22. The van der Waals surface area contributed by atoms with Gasteiger partial charge in [0.05, 0.1) is 0 Å². The van der Waals surface area contributed by atoms with Crippen LogP contribution >= 0.6 is 0 Å². The van der Waals surface area contributed by atoms with Gasteiger partial charge in [-0.1, -0.05) is 5.57 Å². The van der Waals surface area contributed by atoms with Crippen LogP contribution in [0.4, 0.5) is 0 Å². The van der Waals surface area contributed by atoms with Crippen molar-refractivity contribution < 1.29 is 9.15 Å². The van der Waals surface area contributed by atoms with Gasteiger partial charge in [0.2, 0.25) is 0 Å². The lowest BCUT2D eigenvalue weighted by molar-refractivity contribution is 0.282. The zero-order valence-electron chi connectivity index (χ0n) is 10.4. The summed E-state index contributed by atoms with van der Waals surface area (Å²) in [6.45, 7) is 4.11.